The predicted molar refractivity (Wildman–Crippen MR) is 72.1 cm³/mol. The number of carboxylic acid groups (broad SMARTS) is 1. The lowest BCUT2D eigenvalue weighted by molar-refractivity contribution is -0.478. The molecule has 0 radical (unpaired) electrons. The first kappa shape index (κ1) is 15.5. The van der Waals surface area contributed by atoms with Crippen LogP contribution in [0.1, 0.15) is 20.3 Å². The molecule has 2 heterocycles. The van der Waals surface area contributed by atoms with E-state index in [-0.39, 0.29) is 6.42 Å². The van der Waals surface area contributed by atoms with Gasteiger partial charge in [0.2, 0.25) is 18.4 Å². The van der Waals surface area contributed by atoms with Gasteiger partial charge in [-0.2, -0.15) is 0 Å². The molecule has 9 nitrogen and oxygen atoms in total. The molecule has 2 aliphatic rings. The van der Waals surface area contributed by atoms with Crippen molar-refractivity contribution in [2.45, 2.75) is 42.5 Å². The van der Waals surface area contributed by atoms with Crippen LogP contribution in [-0.4, -0.2) is 61.5 Å². The van der Waals surface area contributed by atoms with Crippen LogP contribution < -0.4 is 5.32 Å². The van der Waals surface area contributed by atoms with Crippen LogP contribution in [0.5, 0.6) is 0 Å². The average Bonchev–Trinajstić information content (AvgIpc) is 2.62. The van der Waals surface area contributed by atoms with Gasteiger partial charge in [-0.1, -0.05) is 0 Å². The van der Waals surface area contributed by atoms with E-state index in [4.69, 9.17) is 0 Å². The molecule has 2 aliphatic heterocycles. The van der Waals surface area contributed by atoms with E-state index in [2.05, 4.69) is 5.32 Å². The van der Waals surface area contributed by atoms with Crippen LogP contribution in [0.3, 0.4) is 0 Å². The Bertz CT molecular complexity index is 522. The summed E-state index contributed by atoms with van der Waals surface area (Å²) in [6, 6.07) is -1.75. The van der Waals surface area contributed by atoms with Crippen LogP contribution in [-0.2, 0) is 14.4 Å². The maximum Gasteiger partial charge on any atom is 0.327 e. The molecule has 2 rings (SSSR count). The number of carbonyl (C=O) groups excluding carboxylic acids is 2. The number of nitrogens with one attached hydrogen (secondary N) is 1. The van der Waals surface area contributed by atoms with E-state index in [9.17, 15) is 29.6 Å². The van der Waals surface area contributed by atoms with Crippen molar-refractivity contribution in [3.8, 4) is 0 Å². The van der Waals surface area contributed by atoms with E-state index >= 15 is 0 Å². The SMILES string of the molecule is CC1(C)S[C@@H]2[C@H](NC(=O)CC[N+](=O)[O-])C(=O)N2[C@H]1C(=O)O. The zero-order valence-corrected chi connectivity index (χ0v) is 12.3. The molecule has 10 heteroatoms. The largest absolute Gasteiger partial charge is 0.480 e. The molecule has 2 saturated heterocycles. The number of carbonyl (C=O) groups is 3. The van der Waals surface area contributed by atoms with Crippen molar-refractivity contribution in [3.63, 3.8) is 0 Å². The monoisotopic (exact) mass is 317 g/mol. The first-order valence-electron chi connectivity index (χ1n) is 6.29. The summed E-state index contributed by atoms with van der Waals surface area (Å²) in [7, 11) is 0. The number of amides is 2. The fourth-order valence-electron chi connectivity index (χ4n) is 2.58. The molecule has 0 aromatic carbocycles. The highest BCUT2D eigenvalue weighted by atomic mass is 32.2. The molecule has 21 heavy (non-hydrogen) atoms. The van der Waals surface area contributed by atoms with Gasteiger partial charge in [-0.05, 0) is 13.8 Å². The molecular formula is C11H15N3O6S. The lowest BCUT2D eigenvalue weighted by Gasteiger charge is -2.43. The highest BCUT2D eigenvalue weighted by molar-refractivity contribution is 8.01. The summed E-state index contributed by atoms with van der Waals surface area (Å²) in [5.74, 6) is -2.12. The predicted octanol–water partition coefficient (Wildman–Crippen LogP) is -0.715. The number of aliphatic carboxylic acids is 1. The Kier molecular flexibility index (Phi) is 3.83. The Labute approximate surface area is 124 Å². The molecular weight excluding hydrogens is 302 g/mol. The van der Waals surface area contributed by atoms with Gasteiger partial charge in [-0.15, -0.1) is 11.8 Å². The molecule has 0 bridgehead atoms. The first-order valence-corrected chi connectivity index (χ1v) is 7.17. The lowest BCUT2D eigenvalue weighted by atomic mass is 9.96. The van der Waals surface area contributed by atoms with E-state index in [1.807, 2.05) is 0 Å². The number of nitro groups is 1. The van der Waals surface area contributed by atoms with Crippen molar-refractivity contribution >= 4 is 29.5 Å². The van der Waals surface area contributed by atoms with Gasteiger partial charge in [-0.25, -0.2) is 4.79 Å². The van der Waals surface area contributed by atoms with Crippen molar-refractivity contribution in [2.75, 3.05) is 6.54 Å². The van der Waals surface area contributed by atoms with E-state index in [1.54, 1.807) is 13.8 Å². The fraction of sp³-hybridized carbons (Fsp3) is 0.727. The minimum Gasteiger partial charge on any atom is -0.480 e. The summed E-state index contributed by atoms with van der Waals surface area (Å²) in [5.41, 5.74) is 0. The zero-order valence-electron chi connectivity index (χ0n) is 11.4. The average molecular weight is 317 g/mol. The third-order valence-electron chi connectivity index (χ3n) is 3.51. The van der Waals surface area contributed by atoms with Gasteiger partial charge in [0.25, 0.3) is 0 Å². The number of hydrogen-bond acceptors (Lipinski definition) is 6. The lowest BCUT2D eigenvalue weighted by Crippen LogP contribution is -2.70. The number of carboxylic acids is 1. The number of nitrogens with zero attached hydrogens (tertiary/aromatic N) is 2. The summed E-state index contributed by atoms with van der Waals surface area (Å²) < 4.78 is -0.660. The van der Waals surface area contributed by atoms with Crippen LogP contribution in [0, 0.1) is 10.1 Å². The van der Waals surface area contributed by atoms with Crippen LogP contribution >= 0.6 is 11.8 Å². The van der Waals surface area contributed by atoms with E-state index in [0.29, 0.717) is 0 Å². The third kappa shape index (κ3) is 2.67. The van der Waals surface area contributed by atoms with Crippen molar-refractivity contribution in [1.29, 1.82) is 0 Å². The molecule has 2 N–H and O–H groups in total. The molecule has 0 aromatic rings. The molecule has 116 valence electrons. The summed E-state index contributed by atoms with van der Waals surface area (Å²) in [5, 5.41) is 21.4. The highest BCUT2D eigenvalue weighted by Gasteiger charge is 2.64. The highest BCUT2D eigenvalue weighted by Crippen LogP contribution is 2.50. The minimum absolute atomic E-state index is 0.306. The Hall–Kier alpha value is -1.84. The second-order valence-electron chi connectivity index (χ2n) is 5.45. The molecule has 3 atom stereocenters. The molecule has 2 amide bonds. The molecule has 0 unspecified atom stereocenters. The second-order valence-corrected chi connectivity index (χ2v) is 7.22. The third-order valence-corrected chi connectivity index (χ3v) is 5.08. The zero-order chi connectivity index (χ0) is 15.9. The smallest absolute Gasteiger partial charge is 0.327 e. The minimum atomic E-state index is -1.08. The first-order chi connectivity index (χ1) is 9.65. The van der Waals surface area contributed by atoms with Crippen LogP contribution in [0.15, 0.2) is 0 Å². The maximum atomic E-state index is 12.0. The van der Waals surface area contributed by atoms with E-state index in [1.165, 1.54) is 16.7 Å². The van der Waals surface area contributed by atoms with Gasteiger partial charge < -0.3 is 15.3 Å². The number of fused-ring (bicyclic) bond motifs is 1. The summed E-state index contributed by atoms with van der Waals surface area (Å²) in [6.07, 6.45) is -0.306. The number of hydrogen-bond donors (Lipinski definition) is 2. The molecule has 0 spiro atoms. The van der Waals surface area contributed by atoms with Gasteiger partial charge in [-0.3, -0.25) is 19.7 Å². The van der Waals surface area contributed by atoms with Crippen LogP contribution in [0.2, 0.25) is 0 Å². The van der Waals surface area contributed by atoms with Crippen molar-refractivity contribution in [3.05, 3.63) is 10.1 Å². The summed E-state index contributed by atoms with van der Waals surface area (Å²) >= 11 is 1.31. The molecule has 0 saturated carbocycles. The van der Waals surface area contributed by atoms with Gasteiger partial charge >= 0.3 is 5.97 Å². The summed E-state index contributed by atoms with van der Waals surface area (Å²) in [6.45, 7) is 2.96. The number of β-lactam (4-membered cyclic amide) rings is 1. The van der Waals surface area contributed by atoms with Crippen LogP contribution in [0.25, 0.3) is 0 Å². The van der Waals surface area contributed by atoms with E-state index in [0.717, 1.165) is 0 Å². The van der Waals surface area contributed by atoms with Gasteiger partial charge in [0.1, 0.15) is 17.5 Å². The number of thioether (sulfide) groups is 1. The number of rotatable bonds is 5. The van der Waals surface area contributed by atoms with Crippen molar-refractivity contribution in [1.82, 2.24) is 10.2 Å². The Morgan fingerprint density at radius 2 is 2.14 bits per heavy atom. The standard InChI is InChI=1S/C11H15N3O6S/c1-11(2)7(10(17)18)14-8(16)6(9(14)21-11)12-5(15)3-4-13(19)20/h6-7,9H,3-4H2,1-2H3,(H,12,15)(H,17,18)/t6-,7+,9-/m1/s1. The van der Waals surface area contributed by atoms with Gasteiger partial charge in [0, 0.05) is 9.67 Å². The van der Waals surface area contributed by atoms with Gasteiger partial charge in [0.15, 0.2) is 0 Å². The van der Waals surface area contributed by atoms with Crippen molar-refractivity contribution < 1.29 is 24.4 Å². The molecule has 2 fully saturated rings. The van der Waals surface area contributed by atoms with Gasteiger partial charge in [0.05, 0.1) is 6.42 Å². The van der Waals surface area contributed by atoms with E-state index < -0.39 is 51.5 Å². The second kappa shape index (κ2) is 5.17. The Morgan fingerprint density at radius 1 is 1.52 bits per heavy atom. The van der Waals surface area contributed by atoms with Crippen molar-refractivity contribution in [2.24, 2.45) is 0 Å². The normalized spacial score (nSPS) is 29.5. The van der Waals surface area contributed by atoms with Crippen LogP contribution in [0.4, 0.5) is 0 Å². The summed E-state index contributed by atoms with van der Waals surface area (Å²) in [4.78, 5) is 45.7. The maximum absolute atomic E-state index is 12.0. The Balaban J connectivity index is 2.01. The molecule has 0 aromatic heterocycles. The topological polar surface area (TPSA) is 130 Å². The quantitative estimate of drug-likeness (QED) is 0.389. The Morgan fingerprint density at radius 3 is 2.67 bits per heavy atom. The fourth-order valence-corrected chi connectivity index (χ4v) is 4.21. The molecule has 0 aliphatic carbocycles.